The average Bonchev–Trinajstić information content (AvgIpc) is 2.42. The Morgan fingerprint density at radius 2 is 2.00 bits per heavy atom. The summed E-state index contributed by atoms with van der Waals surface area (Å²) in [6.45, 7) is 4.07. The molecule has 2 rings (SSSR count). The van der Waals surface area contributed by atoms with Crippen molar-refractivity contribution < 1.29 is 4.74 Å². The summed E-state index contributed by atoms with van der Waals surface area (Å²) in [4.78, 5) is 0. The highest BCUT2D eigenvalue weighted by atomic mass is 32.2. The van der Waals surface area contributed by atoms with Crippen LogP contribution in [-0.2, 0) is 0 Å². The van der Waals surface area contributed by atoms with E-state index in [1.807, 2.05) is 49.5 Å². The van der Waals surface area contributed by atoms with Crippen LogP contribution in [0.5, 0.6) is 5.75 Å². The summed E-state index contributed by atoms with van der Waals surface area (Å²) >= 11 is 4.02. The number of ether oxygens (including phenoxy) is 1. The largest absolute Gasteiger partial charge is 0.491 e. The lowest BCUT2D eigenvalue weighted by Crippen LogP contribution is -2.37. The molecule has 19 heavy (non-hydrogen) atoms. The van der Waals surface area contributed by atoms with Crippen molar-refractivity contribution in [1.82, 2.24) is 5.43 Å². The van der Waals surface area contributed by atoms with Gasteiger partial charge in [0.2, 0.25) is 0 Å². The Hall–Kier alpha value is -0.360. The van der Waals surface area contributed by atoms with Crippen LogP contribution in [0, 0.1) is 0 Å². The molecule has 1 aliphatic heterocycles. The minimum atomic E-state index is 0.208. The molecule has 3 N–H and O–H groups in total. The molecule has 106 valence electrons. The van der Waals surface area contributed by atoms with E-state index in [1.165, 1.54) is 17.1 Å². The molecule has 2 unspecified atom stereocenters. The van der Waals surface area contributed by atoms with Crippen LogP contribution in [0.2, 0.25) is 0 Å². The smallest absolute Gasteiger partial charge is 0.119 e. The maximum Gasteiger partial charge on any atom is 0.119 e. The number of hydrazine groups is 1. The van der Waals surface area contributed by atoms with Crippen molar-refractivity contribution in [3.8, 4) is 5.75 Å². The maximum absolute atomic E-state index is 5.75. The van der Waals surface area contributed by atoms with Gasteiger partial charge < -0.3 is 4.74 Å². The fourth-order valence-corrected chi connectivity index (χ4v) is 4.99. The zero-order valence-electron chi connectivity index (χ0n) is 11.5. The van der Waals surface area contributed by atoms with Crippen molar-refractivity contribution in [2.45, 2.75) is 31.2 Å². The van der Waals surface area contributed by atoms with E-state index < -0.39 is 0 Å². The molecule has 1 aromatic carbocycles. The highest BCUT2D eigenvalue weighted by Crippen LogP contribution is 2.33. The summed E-state index contributed by atoms with van der Waals surface area (Å²) in [5.41, 5.74) is 4.21. The molecular formula is C14H22N2OS2. The van der Waals surface area contributed by atoms with Gasteiger partial charge in [0, 0.05) is 22.5 Å². The van der Waals surface area contributed by atoms with Crippen LogP contribution < -0.4 is 16.0 Å². The first kappa shape index (κ1) is 15.0. The highest BCUT2D eigenvalue weighted by molar-refractivity contribution is 8.06. The van der Waals surface area contributed by atoms with E-state index >= 15 is 0 Å². The van der Waals surface area contributed by atoms with Crippen molar-refractivity contribution in [2.75, 3.05) is 17.3 Å². The first-order valence-electron chi connectivity index (χ1n) is 6.63. The third-order valence-electron chi connectivity index (χ3n) is 3.00. The van der Waals surface area contributed by atoms with Gasteiger partial charge in [0.1, 0.15) is 5.75 Å². The van der Waals surface area contributed by atoms with Crippen LogP contribution in [0.25, 0.3) is 0 Å². The van der Waals surface area contributed by atoms with Crippen LogP contribution in [0.15, 0.2) is 24.3 Å². The fraction of sp³-hybridized carbons (Fsp3) is 0.571. The van der Waals surface area contributed by atoms with E-state index in [9.17, 15) is 0 Å². The third-order valence-corrected chi connectivity index (χ3v) is 5.87. The first-order chi connectivity index (χ1) is 9.20. The monoisotopic (exact) mass is 298 g/mol. The van der Waals surface area contributed by atoms with Gasteiger partial charge in [-0.15, -0.1) is 0 Å². The molecule has 1 heterocycles. The lowest BCUT2D eigenvalue weighted by atomic mass is 10.0. The molecule has 3 nitrogen and oxygen atoms in total. The average molecular weight is 298 g/mol. The topological polar surface area (TPSA) is 47.3 Å². The lowest BCUT2D eigenvalue weighted by Gasteiger charge is -2.29. The molecule has 0 saturated carbocycles. The van der Waals surface area contributed by atoms with Crippen molar-refractivity contribution in [3.63, 3.8) is 0 Å². The highest BCUT2D eigenvalue weighted by Gasteiger charge is 2.25. The van der Waals surface area contributed by atoms with Crippen LogP contribution in [0.1, 0.15) is 25.5 Å². The molecule has 1 aromatic rings. The molecule has 0 amide bonds. The van der Waals surface area contributed by atoms with Crippen molar-refractivity contribution >= 4 is 23.5 Å². The Kier molecular flexibility index (Phi) is 5.88. The van der Waals surface area contributed by atoms with Gasteiger partial charge in [0.05, 0.1) is 12.1 Å². The van der Waals surface area contributed by atoms with E-state index in [4.69, 9.17) is 10.6 Å². The molecular weight excluding hydrogens is 276 g/mol. The van der Waals surface area contributed by atoms with Gasteiger partial charge >= 0.3 is 0 Å². The molecule has 0 radical (unpaired) electrons. The van der Waals surface area contributed by atoms with E-state index in [0.29, 0.717) is 5.25 Å². The first-order valence-corrected chi connectivity index (χ1v) is 8.83. The van der Waals surface area contributed by atoms with E-state index in [0.717, 1.165) is 11.5 Å². The van der Waals surface area contributed by atoms with Crippen LogP contribution >= 0.6 is 23.5 Å². The Bertz CT molecular complexity index is 378. The number of benzene rings is 1. The second-order valence-electron chi connectivity index (χ2n) is 4.86. The van der Waals surface area contributed by atoms with E-state index in [1.54, 1.807) is 0 Å². The van der Waals surface area contributed by atoms with Crippen LogP contribution in [0.4, 0.5) is 0 Å². The fourth-order valence-electron chi connectivity index (χ4n) is 2.14. The third kappa shape index (κ3) is 4.31. The molecule has 2 atom stereocenters. The second kappa shape index (κ2) is 7.43. The standard InChI is InChI=1S/C14H22N2OS2/c1-10(2)17-12-5-3-11(4-6-12)14(16-15)13-9-18-7-8-19-13/h3-6,10,13-14,16H,7-9,15H2,1-2H3. The molecule has 5 heteroatoms. The van der Waals surface area contributed by atoms with Crippen LogP contribution in [-0.4, -0.2) is 28.6 Å². The number of hydrogen-bond acceptors (Lipinski definition) is 5. The summed E-state index contributed by atoms with van der Waals surface area (Å²) < 4.78 is 5.67. The molecule has 1 fully saturated rings. The minimum absolute atomic E-state index is 0.208. The van der Waals surface area contributed by atoms with E-state index in [2.05, 4.69) is 17.6 Å². The number of thioether (sulfide) groups is 2. The van der Waals surface area contributed by atoms with Crippen molar-refractivity contribution in [2.24, 2.45) is 5.84 Å². The molecule has 0 aromatic heterocycles. The van der Waals surface area contributed by atoms with Gasteiger partial charge in [-0.05, 0) is 31.5 Å². The normalized spacial score (nSPS) is 21.4. The number of rotatable bonds is 5. The maximum atomic E-state index is 5.75. The van der Waals surface area contributed by atoms with Gasteiger partial charge in [0.25, 0.3) is 0 Å². The predicted octanol–water partition coefficient (Wildman–Crippen LogP) is 2.83. The zero-order chi connectivity index (χ0) is 13.7. The number of nitrogens with two attached hydrogens (primary N) is 1. The molecule has 0 aliphatic carbocycles. The van der Waals surface area contributed by atoms with Gasteiger partial charge in [0.15, 0.2) is 0 Å². The van der Waals surface area contributed by atoms with Gasteiger partial charge in [-0.25, -0.2) is 0 Å². The van der Waals surface area contributed by atoms with Gasteiger partial charge in [-0.2, -0.15) is 23.5 Å². The van der Waals surface area contributed by atoms with Crippen molar-refractivity contribution in [1.29, 1.82) is 0 Å². The Labute approximate surface area is 124 Å². The van der Waals surface area contributed by atoms with Crippen molar-refractivity contribution in [3.05, 3.63) is 29.8 Å². The quantitative estimate of drug-likeness (QED) is 0.646. The molecule has 0 bridgehead atoms. The minimum Gasteiger partial charge on any atom is -0.491 e. The lowest BCUT2D eigenvalue weighted by molar-refractivity contribution is 0.242. The predicted molar refractivity (Wildman–Crippen MR) is 85.8 cm³/mol. The molecule has 1 saturated heterocycles. The molecule has 1 aliphatic rings. The zero-order valence-corrected chi connectivity index (χ0v) is 13.1. The summed E-state index contributed by atoms with van der Waals surface area (Å²) in [5, 5.41) is 0.542. The Morgan fingerprint density at radius 1 is 1.26 bits per heavy atom. The van der Waals surface area contributed by atoms with Gasteiger partial charge in [-0.3, -0.25) is 11.3 Å². The Balaban J connectivity index is 2.05. The SMILES string of the molecule is CC(C)Oc1ccc(C(NN)C2CSCCS2)cc1. The summed E-state index contributed by atoms with van der Waals surface area (Å²) in [6.07, 6.45) is 0.208. The second-order valence-corrected chi connectivity index (χ2v) is 7.36. The van der Waals surface area contributed by atoms with Crippen LogP contribution in [0.3, 0.4) is 0 Å². The molecule has 0 spiro atoms. The Morgan fingerprint density at radius 3 is 2.53 bits per heavy atom. The summed E-state index contributed by atoms with van der Waals surface area (Å²) in [7, 11) is 0. The number of nitrogens with one attached hydrogen (secondary N) is 1. The number of hydrogen-bond donors (Lipinski definition) is 2. The summed E-state index contributed by atoms with van der Waals surface area (Å²) in [6, 6.07) is 8.50. The van der Waals surface area contributed by atoms with Gasteiger partial charge in [-0.1, -0.05) is 12.1 Å². The van der Waals surface area contributed by atoms with E-state index in [-0.39, 0.29) is 12.1 Å². The summed E-state index contributed by atoms with van der Waals surface area (Å²) in [5.74, 6) is 10.3.